The van der Waals surface area contributed by atoms with Gasteiger partial charge in [-0.1, -0.05) is 59.8 Å². The Morgan fingerprint density at radius 1 is 1.00 bits per heavy atom. The second-order valence-electron chi connectivity index (χ2n) is 5.62. The number of halogens is 1. The molecule has 0 unspecified atom stereocenters. The van der Waals surface area contributed by atoms with E-state index in [0.29, 0.717) is 7.18 Å². The molecule has 0 saturated carbocycles. The van der Waals surface area contributed by atoms with Crippen LogP contribution in [-0.4, -0.2) is 18.4 Å². The molecular weight excluding hydrogens is 203 g/mol. The van der Waals surface area contributed by atoms with Crippen molar-refractivity contribution in [2.75, 3.05) is 7.18 Å². The summed E-state index contributed by atoms with van der Waals surface area (Å²) in [6.07, 6.45) is 8.28. The van der Waals surface area contributed by atoms with E-state index >= 15 is 0 Å². The molecule has 0 aromatic heterocycles. The fraction of sp³-hybridized carbons (Fsp3) is 1.00. The minimum Gasteiger partial charge on any atom is -0.393 e. The monoisotopic (exact) mass is 234 g/mol. The van der Waals surface area contributed by atoms with E-state index in [2.05, 4.69) is 27.7 Å². The highest BCUT2D eigenvalue weighted by Gasteiger charge is 2.15. The summed E-state index contributed by atoms with van der Waals surface area (Å²) in [5.41, 5.74) is 0.267. The first kappa shape index (κ1) is 18.3. The molecule has 100 valence electrons. The first-order valence-corrected chi connectivity index (χ1v) is 6.51. The van der Waals surface area contributed by atoms with Crippen molar-refractivity contribution in [3.63, 3.8) is 0 Å². The average molecular weight is 234 g/mol. The van der Waals surface area contributed by atoms with E-state index in [1.54, 1.807) is 0 Å². The maximum atomic E-state index is 9.74. The van der Waals surface area contributed by atoms with Crippen molar-refractivity contribution in [3.8, 4) is 0 Å². The molecule has 0 aromatic rings. The molecule has 0 aliphatic carbocycles. The topological polar surface area (TPSA) is 20.2 Å². The van der Waals surface area contributed by atoms with Crippen LogP contribution in [-0.2, 0) is 0 Å². The maximum absolute atomic E-state index is 9.74. The highest BCUT2D eigenvalue weighted by Crippen LogP contribution is 2.23. The number of hydrogen-bond donors (Lipinski definition) is 1. The fourth-order valence-electron chi connectivity index (χ4n) is 1.79. The largest absolute Gasteiger partial charge is 0.393 e. The van der Waals surface area contributed by atoms with Gasteiger partial charge in [0.05, 0.1) is 13.3 Å². The molecule has 0 aliphatic heterocycles. The fourth-order valence-corrected chi connectivity index (χ4v) is 1.79. The number of unbranched alkanes of at least 4 members (excludes halogenated alkanes) is 4. The Morgan fingerprint density at radius 3 is 1.94 bits per heavy atom. The van der Waals surface area contributed by atoms with Crippen LogP contribution in [0.3, 0.4) is 0 Å². The Morgan fingerprint density at radius 2 is 1.50 bits per heavy atom. The van der Waals surface area contributed by atoms with Crippen LogP contribution in [0.5, 0.6) is 0 Å². The highest BCUT2D eigenvalue weighted by atomic mass is 19.1. The minimum atomic E-state index is -0.0865. The maximum Gasteiger partial charge on any atom is 0.0785 e. The Kier molecular flexibility index (Phi) is 13.0. The molecule has 0 amide bonds. The number of aliphatic hydroxyl groups excluding tert-OH is 1. The van der Waals surface area contributed by atoms with Gasteiger partial charge in [-0.2, -0.15) is 0 Å². The van der Waals surface area contributed by atoms with E-state index in [9.17, 15) is 9.50 Å². The lowest BCUT2D eigenvalue weighted by molar-refractivity contribution is 0.110. The Hall–Kier alpha value is -0.110. The molecule has 0 aliphatic rings. The van der Waals surface area contributed by atoms with Crippen molar-refractivity contribution in [1.82, 2.24) is 0 Å². The molecule has 1 atom stereocenters. The van der Waals surface area contributed by atoms with Crippen LogP contribution < -0.4 is 0 Å². The molecule has 16 heavy (non-hydrogen) atoms. The van der Waals surface area contributed by atoms with Gasteiger partial charge in [0.25, 0.3) is 0 Å². The summed E-state index contributed by atoms with van der Waals surface area (Å²) >= 11 is 0. The molecule has 0 heterocycles. The van der Waals surface area contributed by atoms with Gasteiger partial charge in [-0.3, -0.25) is 4.39 Å². The Bertz CT molecular complexity index is 129. The van der Waals surface area contributed by atoms with Crippen molar-refractivity contribution in [2.24, 2.45) is 5.41 Å². The molecular formula is C14H31FO. The number of rotatable bonds is 7. The number of hydrogen-bond acceptors (Lipinski definition) is 1. The van der Waals surface area contributed by atoms with Gasteiger partial charge in [0, 0.05) is 0 Å². The molecule has 1 N–H and O–H groups in total. The summed E-state index contributed by atoms with van der Waals surface area (Å²) in [4.78, 5) is 0. The van der Waals surface area contributed by atoms with Crippen LogP contribution in [0, 0.1) is 5.41 Å². The summed E-state index contributed by atoms with van der Waals surface area (Å²) in [5, 5.41) is 9.74. The summed E-state index contributed by atoms with van der Waals surface area (Å²) in [7, 11) is 0.500. The van der Waals surface area contributed by atoms with Crippen LogP contribution in [0.25, 0.3) is 0 Å². The number of aliphatic hydroxyl groups is 1. The van der Waals surface area contributed by atoms with Gasteiger partial charge in [0.2, 0.25) is 0 Å². The van der Waals surface area contributed by atoms with E-state index in [-0.39, 0.29) is 11.5 Å². The molecule has 0 bridgehead atoms. The van der Waals surface area contributed by atoms with Gasteiger partial charge in [-0.05, 0) is 18.3 Å². The third kappa shape index (κ3) is 16.3. The molecule has 0 spiro atoms. The molecule has 0 saturated heterocycles. The average Bonchev–Trinajstić information content (AvgIpc) is 2.18. The lowest BCUT2D eigenvalue weighted by Crippen LogP contribution is -2.17. The zero-order valence-corrected chi connectivity index (χ0v) is 11.9. The zero-order chi connectivity index (χ0) is 13.0. The second-order valence-corrected chi connectivity index (χ2v) is 5.62. The molecule has 0 fully saturated rings. The van der Waals surface area contributed by atoms with Crippen LogP contribution >= 0.6 is 0 Å². The van der Waals surface area contributed by atoms with Crippen molar-refractivity contribution in [1.29, 1.82) is 0 Å². The van der Waals surface area contributed by atoms with Crippen LogP contribution in [0.4, 0.5) is 4.39 Å². The van der Waals surface area contributed by atoms with Crippen LogP contribution in [0.1, 0.15) is 72.6 Å². The first-order valence-electron chi connectivity index (χ1n) is 6.51. The molecule has 2 heteroatoms. The van der Waals surface area contributed by atoms with Gasteiger partial charge in [-0.15, -0.1) is 0 Å². The van der Waals surface area contributed by atoms with Gasteiger partial charge < -0.3 is 5.11 Å². The molecule has 0 rings (SSSR count). The van der Waals surface area contributed by atoms with Crippen molar-refractivity contribution < 1.29 is 9.50 Å². The lowest BCUT2D eigenvalue weighted by Gasteiger charge is -2.22. The van der Waals surface area contributed by atoms with Crippen molar-refractivity contribution >= 4 is 0 Å². The summed E-state index contributed by atoms with van der Waals surface area (Å²) < 4.78 is 9.50. The quantitative estimate of drug-likeness (QED) is 0.631. The van der Waals surface area contributed by atoms with Gasteiger partial charge in [0.1, 0.15) is 0 Å². The highest BCUT2D eigenvalue weighted by molar-refractivity contribution is 4.67. The third-order valence-electron chi connectivity index (χ3n) is 2.49. The van der Waals surface area contributed by atoms with E-state index in [0.717, 1.165) is 12.8 Å². The zero-order valence-electron chi connectivity index (χ0n) is 11.9. The van der Waals surface area contributed by atoms with E-state index in [1.165, 1.54) is 32.1 Å². The van der Waals surface area contributed by atoms with Gasteiger partial charge in [-0.25, -0.2) is 0 Å². The Labute approximate surface area is 101 Å². The minimum absolute atomic E-state index is 0.0865. The van der Waals surface area contributed by atoms with E-state index in [4.69, 9.17) is 0 Å². The molecule has 0 aromatic carbocycles. The van der Waals surface area contributed by atoms with Crippen LogP contribution in [0.2, 0.25) is 0 Å². The summed E-state index contributed by atoms with van der Waals surface area (Å²) in [5.74, 6) is 0. The molecule has 0 radical (unpaired) electrons. The Balaban J connectivity index is 0. The smallest absolute Gasteiger partial charge is 0.0785 e. The number of alkyl halides is 1. The van der Waals surface area contributed by atoms with E-state index in [1.807, 2.05) is 0 Å². The normalized spacial score (nSPS) is 12.9. The van der Waals surface area contributed by atoms with E-state index < -0.39 is 0 Å². The molecule has 1 nitrogen and oxygen atoms in total. The van der Waals surface area contributed by atoms with Crippen LogP contribution in [0.15, 0.2) is 0 Å². The van der Waals surface area contributed by atoms with Gasteiger partial charge >= 0.3 is 0 Å². The second kappa shape index (κ2) is 11.4. The predicted octanol–water partition coefficient (Wildman–Crippen LogP) is 4.73. The third-order valence-corrected chi connectivity index (χ3v) is 2.49. The van der Waals surface area contributed by atoms with Gasteiger partial charge in [0.15, 0.2) is 0 Å². The predicted molar refractivity (Wildman–Crippen MR) is 70.5 cm³/mol. The SMILES string of the molecule is CCCCCCC[C@@H](O)CC(C)(C)C.CF. The summed E-state index contributed by atoms with van der Waals surface area (Å²) in [6.45, 7) is 8.79. The van der Waals surface area contributed by atoms with Crippen molar-refractivity contribution in [2.45, 2.75) is 78.7 Å². The summed E-state index contributed by atoms with van der Waals surface area (Å²) in [6, 6.07) is 0. The van der Waals surface area contributed by atoms with Crippen molar-refractivity contribution in [3.05, 3.63) is 0 Å². The first-order chi connectivity index (χ1) is 7.45. The lowest BCUT2D eigenvalue weighted by atomic mass is 9.87. The standard InChI is InChI=1S/C13H28O.CH3F/c1-5-6-7-8-9-10-12(14)11-13(2,3)4;1-2/h12,14H,5-11H2,1-4H3;1H3/t12-;/m1./s1.